The number of amides is 1. The molecule has 0 atom stereocenters. The second-order valence-electron chi connectivity index (χ2n) is 4.88. The number of nitrogens with one attached hydrogen (secondary N) is 1. The minimum Gasteiger partial charge on any atom is -0.319 e. The average Bonchev–Trinajstić information content (AvgIpc) is 2.81. The minimum absolute atomic E-state index is 0.0592. The Balaban J connectivity index is 2.16. The average molecular weight is 319 g/mol. The van der Waals surface area contributed by atoms with Gasteiger partial charge < -0.3 is 5.32 Å². The van der Waals surface area contributed by atoms with Gasteiger partial charge in [-0.15, -0.1) is 0 Å². The lowest BCUT2D eigenvalue weighted by molar-refractivity contribution is -0.385. The highest BCUT2D eigenvalue weighted by molar-refractivity contribution is 5.93. The summed E-state index contributed by atoms with van der Waals surface area (Å²) < 4.78 is 1.11. The van der Waals surface area contributed by atoms with Crippen LogP contribution in [0.4, 0.5) is 17.1 Å². The molecule has 1 N–H and O–H groups in total. The first-order valence-corrected chi connectivity index (χ1v) is 6.51. The number of hydrogen-bond donors (Lipinski definition) is 1. The molecule has 0 aliphatic heterocycles. The van der Waals surface area contributed by atoms with E-state index < -0.39 is 15.8 Å². The molecule has 2 aromatic rings. The van der Waals surface area contributed by atoms with Gasteiger partial charge in [0.25, 0.3) is 5.69 Å². The smallest absolute Gasteiger partial charge is 0.309 e. The Hall–Kier alpha value is -3.30. The third-order valence-electron chi connectivity index (χ3n) is 3.05. The van der Waals surface area contributed by atoms with Gasteiger partial charge in [-0.3, -0.25) is 29.7 Å². The Morgan fingerprint density at radius 1 is 1.22 bits per heavy atom. The number of benzene rings is 1. The highest BCUT2D eigenvalue weighted by Crippen LogP contribution is 2.25. The van der Waals surface area contributed by atoms with Crippen molar-refractivity contribution in [3.05, 3.63) is 55.9 Å². The van der Waals surface area contributed by atoms with Crippen molar-refractivity contribution in [3.63, 3.8) is 0 Å². The molecule has 0 spiro atoms. The summed E-state index contributed by atoms with van der Waals surface area (Å²) in [6.07, 6.45) is 1.14. The Morgan fingerprint density at radius 2 is 1.87 bits per heavy atom. The first-order valence-electron chi connectivity index (χ1n) is 6.51. The van der Waals surface area contributed by atoms with Crippen LogP contribution in [-0.4, -0.2) is 25.5 Å². The van der Waals surface area contributed by atoms with E-state index in [4.69, 9.17) is 0 Å². The number of aryl methyl sites for hydroxylation is 2. The lowest BCUT2D eigenvalue weighted by atomic mass is 10.2. The van der Waals surface area contributed by atoms with Crippen molar-refractivity contribution in [2.45, 2.75) is 20.4 Å². The number of nitrogens with zero attached hydrogens (tertiary/aromatic N) is 4. The monoisotopic (exact) mass is 319 g/mol. The maximum absolute atomic E-state index is 12.0. The van der Waals surface area contributed by atoms with Crippen LogP contribution in [0.25, 0.3) is 0 Å². The van der Waals surface area contributed by atoms with Gasteiger partial charge in [-0.2, -0.15) is 5.10 Å². The summed E-state index contributed by atoms with van der Waals surface area (Å²) in [5.41, 5.74) is 0.515. The minimum atomic E-state index is -0.596. The van der Waals surface area contributed by atoms with Crippen molar-refractivity contribution in [3.8, 4) is 0 Å². The van der Waals surface area contributed by atoms with Crippen LogP contribution in [0, 0.1) is 34.1 Å². The van der Waals surface area contributed by atoms with E-state index in [2.05, 4.69) is 10.4 Å². The van der Waals surface area contributed by atoms with E-state index in [9.17, 15) is 25.0 Å². The largest absolute Gasteiger partial charge is 0.319 e. The van der Waals surface area contributed by atoms with Gasteiger partial charge in [0.15, 0.2) is 0 Å². The lowest BCUT2D eigenvalue weighted by Gasteiger charge is -2.06. The fraction of sp³-hybridized carbons (Fsp3) is 0.231. The van der Waals surface area contributed by atoms with Crippen molar-refractivity contribution < 1.29 is 14.6 Å². The van der Waals surface area contributed by atoms with Crippen molar-refractivity contribution in [2.24, 2.45) is 0 Å². The molecule has 2 rings (SSSR count). The molecule has 0 bridgehead atoms. The number of nitro benzene ring substituents is 1. The molecular weight excluding hydrogens is 306 g/mol. The third kappa shape index (κ3) is 3.67. The van der Waals surface area contributed by atoms with Crippen molar-refractivity contribution in [1.29, 1.82) is 0 Å². The van der Waals surface area contributed by atoms with Gasteiger partial charge in [-0.05, 0) is 25.5 Å². The zero-order valence-corrected chi connectivity index (χ0v) is 12.3. The fourth-order valence-corrected chi connectivity index (χ4v) is 2.00. The van der Waals surface area contributed by atoms with Crippen LogP contribution in [0.15, 0.2) is 24.4 Å². The molecule has 120 valence electrons. The fourth-order valence-electron chi connectivity index (χ4n) is 2.00. The van der Waals surface area contributed by atoms with Crippen LogP contribution >= 0.6 is 0 Å². The molecule has 1 heterocycles. The topological polar surface area (TPSA) is 133 Å². The lowest BCUT2D eigenvalue weighted by Crippen LogP contribution is -2.19. The van der Waals surface area contributed by atoms with Gasteiger partial charge in [0.1, 0.15) is 24.1 Å². The molecule has 0 radical (unpaired) electrons. The van der Waals surface area contributed by atoms with E-state index in [1.54, 1.807) is 13.0 Å². The van der Waals surface area contributed by atoms with E-state index in [0.29, 0.717) is 5.56 Å². The molecule has 0 saturated heterocycles. The molecule has 0 fully saturated rings. The van der Waals surface area contributed by atoms with Gasteiger partial charge in [-0.1, -0.05) is 6.07 Å². The van der Waals surface area contributed by atoms with Crippen LogP contribution in [0.5, 0.6) is 0 Å². The number of nitro groups is 2. The predicted molar refractivity (Wildman–Crippen MR) is 80.1 cm³/mol. The number of carbonyl (C=O) groups excluding carboxylic acids is 1. The van der Waals surface area contributed by atoms with Crippen LogP contribution in [0.2, 0.25) is 0 Å². The Labute approximate surface area is 130 Å². The van der Waals surface area contributed by atoms with Crippen molar-refractivity contribution >= 4 is 23.0 Å². The standard InChI is InChI=1S/C13H13N5O5/c1-8-3-4-10(11(5-8)17(20)21)14-13(19)7-16-6-12(18(22)23)9(2)15-16/h3-6H,7H2,1-2H3,(H,14,19). The summed E-state index contributed by atoms with van der Waals surface area (Å²) in [6.45, 7) is 2.86. The van der Waals surface area contributed by atoms with Gasteiger partial charge >= 0.3 is 5.69 Å². The zero-order chi connectivity index (χ0) is 17.1. The molecule has 10 nitrogen and oxygen atoms in total. The van der Waals surface area contributed by atoms with Crippen LogP contribution in [-0.2, 0) is 11.3 Å². The van der Waals surface area contributed by atoms with Gasteiger partial charge in [-0.25, -0.2) is 0 Å². The molecular formula is C13H13N5O5. The Kier molecular flexibility index (Phi) is 4.35. The molecule has 23 heavy (non-hydrogen) atoms. The molecule has 0 unspecified atom stereocenters. The first-order chi connectivity index (χ1) is 10.8. The molecule has 1 aromatic carbocycles. The van der Waals surface area contributed by atoms with Crippen molar-refractivity contribution in [2.75, 3.05) is 5.32 Å². The predicted octanol–water partition coefficient (Wildman–Crippen LogP) is 1.96. The third-order valence-corrected chi connectivity index (χ3v) is 3.05. The summed E-state index contributed by atoms with van der Waals surface area (Å²) in [7, 11) is 0. The van der Waals surface area contributed by atoms with Crippen LogP contribution in [0.1, 0.15) is 11.3 Å². The van der Waals surface area contributed by atoms with E-state index in [1.165, 1.54) is 19.1 Å². The molecule has 0 saturated carbocycles. The zero-order valence-electron chi connectivity index (χ0n) is 12.3. The van der Waals surface area contributed by atoms with Gasteiger partial charge in [0.05, 0.1) is 9.85 Å². The highest BCUT2D eigenvalue weighted by atomic mass is 16.6. The quantitative estimate of drug-likeness (QED) is 0.661. The number of anilines is 1. The maximum Gasteiger partial charge on any atom is 0.309 e. The molecule has 1 aromatic heterocycles. The van der Waals surface area contributed by atoms with Crippen molar-refractivity contribution in [1.82, 2.24) is 9.78 Å². The molecule has 0 aliphatic carbocycles. The Bertz CT molecular complexity index is 798. The van der Waals surface area contributed by atoms with E-state index in [-0.39, 0.29) is 29.3 Å². The summed E-state index contributed by atoms with van der Waals surface area (Å²) in [5, 5.41) is 28.0. The molecule has 0 aliphatic rings. The first kappa shape index (κ1) is 16.1. The van der Waals surface area contributed by atoms with Gasteiger partial charge in [0, 0.05) is 6.07 Å². The molecule has 10 heteroatoms. The summed E-state index contributed by atoms with van der Waals surface area (Å²) >= 11 is 0. The number of aromatic nitrogens is 2. The number of carbonyl (C=O) groups is 1. The normalized spacial score (nSPS) is 10.3. The second kappa shape index (κ2) is 6.22. The van der Waals surface area contributed by atoms with Crippen LogP contribution < -0.4 is 5.32 Å². The van der Waals surface area contributed by atoms with E-state index in [0.717, 1.165) is 10.9 Å². The second-order valence-corrected chi connectivity index (χ2v) is 4.88. The summed E-state index contributed by atoms with van der Waals surface area (Å²) in [5.74, 6) is -0.575. The Morgan fingerprint density at radius 3 is 2.43 bits per heavy atom. The highest BCUT2D eigenvalue weighted by Gasteiger charge is 2.19. The summed E-state index contributed by atoms with van der Waals surface area (Å²) in [6, 6.07) is 4.41. The maximum atomic E-state index is 12.0. The van der Waals surface area contributed by atoms with Crippen LogP contribution in [0.3, 0.4) is 0 Å². The number of rotatable bonds is 5. The summed E-state index contributed by atoms with van der Waals surface area (Å²) in [4.78, 5) is 32.5. The molecule has 1 amide bonds. The van der Waals surface area contributed by atoms with E-state index >= 15 is 0 Å². The van der Waals surface area contributed by atoms with Gasteiger partial charge in [0.2, 0.25) is 5.91 Å². The SMILES string of the molecule is Cc1ccc(NC(=O)Cn2cc([N+](=O)[O-])c(C)n2)c([N+](=O)[O-])c1. The number of hydrogen-bond acceptors (Lipinski definition) is 6. The van der Waals surface area contributed by atoms with E-state index in [1.807, 2.05) is 0 Å².